The van der Waals surface area contributed by atoms with Crippen molar-refractivity contribution in [3.63, 3.8) is 0 Å². The zero-order chi connectivity index (χ0) is 21.0. The van der Waals surface area contributed by atoms with Gasteiger partial charge in [-0.1, -0.05) is 11.3 Å². The first-order valence-electron chi connectivity index (χ1n) is 6.26. The molecule has 1 aromatic heterocycles. The molecule has 0 bridgehead atoms. The summed E-state index contributed by atoms with van der Waals surface area (Å²) in [6.45, 7) is 6.04. The lowest BCUT2D eigenvalue weighted by Gasteiger charge is -2.22. The number of nitrogens with zero attached hydrogens (tertiary/aromatic N) is 2. The Morgan fingerprint density at radius 2 is 1.46 bits per heavy atom. The van der Waals surface area contributed by atoms with Gasteiger partial charge in [-0.2, -0.15) is 30.9 Å². The average Bonchev–Trinajstić information content (AvgIpc) is 2.73. The number of hydrogen-bond donors (Lipinski definition) is 0. The zero-order valence-electron chi connectivity index (χ0n) is 13.4. The van der Waals surface area contributed by atoms with Crippen LogP contribution in [0.4, 0.5) is 26.3 Å². The smallest absolute Gasteiger partial charge is 0.421 e. The van der Waals surface area contributed by atoms with Crippen molar-refractivity contribution in [2.24, 2.45) is 0 Å². The van der Waals surface area contributed by atoms with Crippen LogP contribution in [0.5, 0.6) is 0 Å². The van der Waals surface area contributed by atoms with Crippen molar-refractivity contribution in [1.82, 2.24) is 0 Å². The highest BCUT2D eigenvalue weighted by Crippen LogP contribution is 2.36. The number of thiazole rings is 1. The summed E-state index contributed by atoms with van der Waals surface area (Å²) >= 11 is 1.79. The van der Waals surface area contributed by atoms with E-state index in [1.54, 1.807) is 18.4 Å². The molecule has 0 radical (unpaired) electrons. The van der Waals surface area contributed by atoms with Gasteiger partial charge in [0.05, 0.1) is 4.88 Å². The highest BCUT2D eigenvalue weighted by Gasteiger charge is 2.46. The largest absolute Gasteiger partial charge is 0.480 e. The van der Waals surface area contributed by atoms with E-state index in [-0.39, 0.29) is 0 Å². The Kier molecular flexibility index (Phi) is 8.48. The first kappa shape index (κ1) is 25.0. The van der Waals surface area contributed by atoms with E-state index in [0.29, 0.717) is 0 Å². The minimum absolute atomic E-state index is 0.778. The SMILES string of the molecule is COCC[n+]1csc(C)c1C.O=S(=O)([N-]S(=O)(=O)C(F)(F)F)C(F)(F)F. The number of hydrogen-bond acceptors (Lipinski definition) is 6. The maximum absolute atomic E-state index is 11.4. The van der Waals surface area contributed by atoms with Gasteiger partial charge in [0.1, 0.15) is 6.61 Å². The van der Waals surface area contributed by atoms with Crippen molar-refractivity contribution in [1.29, 1.82) is 0 Å². The van der Waals surface area contributed by atoms with Crippen LogP contribution in [0, 0.1) is 13.8 Å². The van der Waals surface area contributed by atoms with Gasteiger partial charge in [0, 0.05) is 14.0 Å². The molecule has 16 heteroatoms. The fourth-order valence-electron chi connectivity index (χ4n) is 1.13. The average molecular weight is 452 g/mol. The van der Waals surface area contributed by atoms with E-state index in [1.807, 2.05) is 0 Å². The molecule has 0 N–H and O–H groups in total. The first-order valence-corrected chi connectivity index (χ1v) is 10.0. The molecule has 0 aliphatic heterocycles. The van der Waals surface area contributed by atoms with Gasteiger partial charge in [-0.25, -0.2) is 16.8 Å². The molecule has 7 nitrogen and oxygen atoms in total. The van der Waals surface area contributed by atoms with Crippen LogP contribution in [-0.2, 0) is 31.3 Å². The molecule has 1 aromatic rings. The van der Waals surface area contributed by atoms with Crippen LogP contribution in [-0.4, -0.2) is 41.6 Å². The summed E-state index contributed by atoms with van der Waals surface area (Å²) in [5.41, 5.74) is -8.91. The van der Waals surface area contributed by atoms with Crippen LogP contribution in [0.15, 0.2) is 5.51 Å². The number of aromatic nitrogens is 1. The van der Waals surface area contributed by atoms with E-state index < -0.39 is 31.1 Å². The quantitative estimate of drug-likeness (QED) is 0.505. The Labute approximate surface area is 149 Å². The summed E-state index contributed by atoms with van der Waals surface area (Å²) in [6, 6.07) is 0. The molecule has 0 spiro atoms. The topological polar surface area (TPSA) is 95.5 Å². The Morgan fingerprint density at radius 3 is 1.73 bits per heavy atom. The Balaban J connectivity index is 0.000000502. The molecule has 26 heavy (non-hydrogen) atoms. The molecule has 0 amide bonds. The third kappa shape index (κ3) is 6.98. The molecule has 0 aliphatic carbocycles. The zero-order valence-corrected chi connectivity index (χ0v) is 15.9. The van der Waals surface area contributed by atoms with Gasteiger partial charge < -0.3 is 8.86 Å². The van der Waals surface area contributed by atoms with Crippen LogP contribution in [0.25, 0.3) is 4.13 Å². The molecule has 0 atom stereocenters. The number of rotatable bonds is 5. The molecule has 0 unspecified atom stereocenters. The fourth-order valence-corrected chi connectivity index (χ4v) is 3.68. The number of alkyl halides is 6. The lowest BCUT2D eigenvalue weighted by molar-refractivity contribution is -0.699. The highest BCUT2D eigenvalue weighted by atomic mass is 32.3. The van der Waals surface area contributed by atoms with E-state index in [4.69, 9.17) is 4.74 Å². The van der Waals surface area contributed by atoms with Gasteiger partial charge in [-0.3, -0.25) is 0 Å². The third-order valence-corrected chi connectivity index (χ3v) is 6.36. The molecule has 1 rings (SSSR count). The van der Waals surface area contributed by atoms with Crippen LogP contribution in [0.3, 0.4) is 0 Å². The normalized spacial score (nSPS) is 13.3. The van der Waals surface area contributed by atoms with Crippen molar-refractivity contribution in [3.8, 4) is 0 Å². The van der Waals surface area contributed by atoms with Crippen LogP contribution in [0.1, 0.15) is 10.6 Å². The van der Waals surface area contributed by atoms with Crippen molar-refractivity contribution in [2.75, 3.05) is 13.7 Å². The molecule has 154 valence electrons. The first-order chi connectivity index (χ1) is 11.5. The van der Waals surface area contributed by atoms with E-state index in [0.717, 1.165) is 17.3 Å². The summed E-state index contributed by atoms with van der Waals surface area (Å²) in [5, 5.41) is 0. The van der Waals surface area contributed by atoms with Crippen LogP contribution >= 0.6 is 11.3 Å². The van der Waals surface area contributed by atoms with E-state index >= 15 is 0 Å². The minimum atomic E-state index is -6.72. The van der Waals surface area contributed by atoms with Crippen LogP contribution < -0.4 is 4.57 Å². The fraction of sp³-hybridized carbons (Fsp3) is 0.700. The number of sulfonamides is 2. The number of methoxy groups -OCH3 is 1. The molecular formula is C10H14F6N2O5S3. The van der Waals surface area contributed by atoms with Crippen molar-refractivity contribution >= 4 is 31.4 Å². The predicted octanol–water partition coefficient (Wildman–Crippen LogP) is 2.36. The molecule has 0 saturated carbocycles. The molecule has 0 aromatic carbocycles. The monoisotopic (exact) mass is 452 g/mol. The second kappa shape index (κ2) is 8.81. The highest BCUT2D eigenvalue weighted by molar-refractivity contribution is 8.13. The second-order valence-corrected chi connectivity index (χ2v) is 8.95. The minimum Gasteiger partial charge on any atom is -0.421 e. The third-order valence-electron chi connectivity index (χ3n) is 2.61. The molecular weight excluding hydrogens is 438 g/mol. The van der Waals surface area contributed by atoms with Gasteiger partial charge >= 0.3 is 11.0 Å². The number of halogens is 6. The molecule has 0 saturated heterocycles. The van der Waals surface area contributed by atoms with Gasteiger partial charge in [0.2, 0.25) is 5.51 Å². The maximum atomic E-state index is 11.4. The number of ether oxygens (including phenoxy) is 1. The van der Waals surface area contributed by atoms with Gasteiger partial charge in [0.15, 0.2) is 32.3 Å². The summed E-state index contributed by atoms with van der Waals surface area (Å²) in [4.78, 5) is 1.39. The van der Waals surface area contributed by atoms with E-state index in [1.165, 1.54) is 10.6 Å². The standard InChI is InChI=1S/C8H14NOS.C2F6NO4S2/c1-7-8(2)11-6-9(7)4-5-10-3;3-1(4,5)14(10,11)9-15(12,13)2(6,7)8/h6H,4-5H2,1-3H3;/q+1;-1. The lowest BCUT2D eigenvalue weighted by atomic mass is 10.4. The summed E-state index contributed by atoms with van der Waals surface area (Å²) in [5.74, 6) is 0. The van der Waals surface area contributed by atoms with Crippen LogP contribution in [0.2, 0.25) is 0 Å². The van der Waals surface area contributed by atoms with Crippen molar-refractivity contribution in [2.45, 2.75) is 31.4 Å². The van der Waals surface area contributed by atoms with Crippen molar-refractivity contribution < 1.29 is 52.5 Å². The second-order valence-electron chi connectivity index (χ2n) is 4.47. The van der Waals surface area contributed by atoms with Gasteiger partial charge in [0.25, 0.3) is 0 Å². The summed E-state index contributed by atoms with van der Waals surface area (Å²) < 4.78 is 116. The number of aryl methyl sites for hydroxylation is 1. The lowest BCUT2D eigenvalue weighted by Crippen LogP contribution is -2.36. The summed E-state index contributed by atoms with van der Waals surface area (Å²) in [6.07, 6.45) is 0. The predicted molar refractivity (Wildman–Crippen MR) is 79.2 cm³/mol. The Morgan fingerprint density at radius 1 is 1.04 bits per heavy atom. The maximum Gasteiger partial charge on any atom is 0.480 e. The van der Waals surface area contributed by atoms with E-state index in [2.05, 4.69) is 23.9 Å². The Bertz CT molecular complexity index is 756. The Hall–Kier alpha value is -0.970. The molecule has 0 aliphatic rings. The van der Waals surface area contributed by atoms with Gasteiger partial charge in [-0.05, 0) is 6.92 Å². The molecule has 1 heterocycles. The molecule has 0 fully saturated rings. The van der Waals surface area contributed by atoms with Crippen molar-refractivity contribution in [3.05, 3.63) is 20.2 Å². The summed E-state index contributed by atoms with van der Waals surface area (Å²) in [7, 11) is -11.7. The van der Waals surface area contributed by atoms with E-state index in [9.17, 15) is 43.2 Å². The van der Waals surface area contributed by atoms with Gasteiger partial charge in [-0.15, -0.1) is 0 Å².